The van der Waals surface area contributed by atoms with Crippen LogP contribution in [0.5, 0.6) is 0 Å². The summed E-state index contributed by atoms with van der Waals surface area (Å²) < 4.78 is 8.35. The van der Waals surface area contributed by atoms with Crippen molar-refractivity contribution in [2.45, 2.75) is 39.2 Å². The number of esters is 1. The molecule has 1 heterocycles. The quantitative estimate of drug-likeness (QED) is 0.596. The Labute approximate surface area is 133 Å². The van der Waals surface area contributed by atoms with Crippen LogP contribution in [-0.4, -0.2) is 28.6 Å². The molecule has 1 amide bonds. The number of aryl methyl sites for hydroxylation is 1. The second-order valence-electron chi connectivity index (χ2n) is 5.23. The van der Waals surface area contributed by atoms with Crippen LogP contribution in [0, 0.1) is 3.70 Å². The van der Waals surface area contributed by atoms with Crippen LogP contribution in [0.1, 0.15) is 32.9 Å². The lowest BCUT2D eigenvalue weighted by molar-refractivity contribution is -0.144. The number of nitrogens with one attached hydrogen (secondary N) is 1. The number of rotatable bonds is 6. The first kappa shape index (κ1) is 17.0. The van der Waals surface area contributed by atoms with Crippen molar-refractivity contribution in [3.05, 3.63) is 21.5 Å². The van der Waals surface area contributed by atoms with Crippen molar-refractivity contribution in [3.63, 3.8) is 0 Å². The third-order valence-electron chi connectivity index (χ3n) is 3.17. The van der Waals surface area contributed by atoms with E-state index in [2.05, 4.69) is 44.6 Å². The molecule has 5 nitrogen and oxygen atoms in total. The molecule has 0 saturated carbocycles. The summed E-state index contributed by atoms with van der Waals surface area (Å²) in [6.45, 7) is 4.92. The van der Waals surface area contributed by atoms with Crippen LogP contribution in [0.2, 0.25) is 0 Å². The minimum Gasteiger partial charge on any atom is -0.463 e. The second kappa shape index (κ2) is 7.10. The summed E-state index contributed by atoms with van der Waals surface area (Å²) in [6, 6.07) is 4.12. The molecule has 0 aliphatic rings. The molecule has 0 aliphatic heterocycles. The van der Waals surface area contributed by atoms with Crippen LogP contribution in [0.4, 0.5) is 0 Å². The Balaban J connectivity index is 2.71. The van der Waals surface area contributed by atoms with Gasteiger partial charge in [-0.1, -0.05) is 0 Å². The van der Waals surface area contributed by atoms with Gasteiger partial charge in [0, 0.05) is 26.6 Å². The lowest BCUT2D eigenvalue weighted by Crippen LogP contribution is -2.49. The lowest BCUT2D eigenvalue weighted by Gasteiger charge is -2.30. The molecule has 1 aromatic heterocycles. The van der Waals surface area contributed by atoms with Crippen molar-refractivity contribution < 1.29 is 14.3 Å². The monoisotopic (exact) mass is 392 g/mol. The Morgan fingerprint density at radius 3 is 2.50 bits per heavy atom. The topological polar surface area (TPSA) is 60.3 Å². The van der Waals surface area contributed by atoms with Crippen molar-refractivity contribution in [2.75, 3.05) is 6.61 Å². The van der Waals surface area contributed by atoms with E-state index in [1.165, 1.54) is 23.2 Å². The van der Waals surface area contributed by atoms with Crippen molar-refractivity contribution in [1.29, 1.82) is 0 Å². The fourth-order valence-corrected chi connectivity index (χ4v) is 2.53. The first-order chi connectivity index (χ1) is 9.23. The van der Waals surface area contributed by atoms with Gasteiger partial charge in [0.25, 0.3) is 0 Å². The Morgan fingerprint density at radius 1 is 1.40 bits per heavy atom. The molecule has 1 aromatic rings. The van der Waals surface area contributed by atoms with E-state index in [1.54, 1.807) is 0 Å². The molecule has 6 heteroatoms. The van der Waals surface area contributed by atoms with E-state index in [0.717, 1.165) is 6.42 Å². The molecule has 1 rings (SSSR count). The van der Waals surface area contributed by atoms with Gasteiger partial charge in [0.15, 0.2) is 0 Å². The summed E-state index contributed by atoms with van der Waals surface area (Å²) >= 11 is 2.27. The second-order valence-corrected chi connectivity index (χ2v) is 6.33. The van der Waals surface area contributed by atoms with Gasteiger partial charge in [-0.2, -0.15) is 0 Å². The number of carbonyl (C=O) groups is 2. The summed E-state index contributed by atoms with van der Waals surface area (Å²) in [5.41, 5.74) is 0.640. The van der Waals surface area contributed by atoms with E-state index in [1.807, 2.05) is 14.0 Å². The molecule has 0 radical (unpaired) electrons. The van der Waals surface area contributed by atoms with Gasteiger partial charge in [-0.25, -0.2) is 0 Å². The molecule has 1 atom stereocenters. The normalized spacial score (nSPS) is 13.7. The van der Waals surface area contributed by atoms with Crippen LogP contribution >= 0.6 is 22.6 Å². The smallest absolute Gasteiger partial charge is 0.302 e. The van der Waals surface area contributed by atoms with Crippen molar-refractivity contribution >= 4 is 34.5 Å². The van der Waals surface area contributed by atoms with Crippen molar-refractivity contribution in [2.24, 2.45) is 7.05 Å². The number of halogens is 1. The van der Waals surface area contributed by atoms with E-state index in [0.29, 0.717) is 6.42 Å². The van der Waals surface area contributed by atoms with Crippen molar-refractivity contribution in [1.82, 2.24) is 9.88 Å². The maximum atomic E-state index is 11.3. The van der Waals surface area contributed by atoms with E-state index in [-0.39, 0.29) is 18.5 Å². The molecular formula is C14H21IN2O3. The van der Waals surface area contributed by atoms with Crippen LogP contribution in [0.15, 0.2) is 12.1 Å². The fourth-order valence-electron chi connectivity index (χ4n) is 2.04. The molecule has 0 spiro atoms. The number of ether oxygens (including phenoxy) is 1. The maximum absolute atomic E-state index is 11.3. The summed E-state index contributed by atoms with van der Waals surface area (Å²) in [5.74, 6) is -0.462. The lowest BCUT2D eigenvalue weighted by atomic mass is 9.95. The van der Waals surface area contributed by atoms with Gasteiger partial charge in [0.1, 0.15) is 6.61 Å². The predicted molar refractivity (Wildman–Crippen MR) is 85.3 cm³/mol. The molecule has 0 aliphatic carbocycles. The third kappa shape index (κ3) is 5.15. The van der Waals surface area contributed by atoms with Gasteiger partial charge < -0.3 is 14.6 Å². The van der Waals surface area contributed by atoms with E-state index < -0.39 is 5.54 Å². The summed E-state index contributed by atoms with van der Waals surface area (Å²) in [4.78, 5) is 22.3. The van der Waals surface area contributed by atoms with Crippen LogP contribution in [-0.2, 0) is 27.8 Å². The summed E-state index contributed by atoms with van der Waals surface area (Å²) in [6.07, 6.45) is 1.51. The van der Waals surface area contributed by atoms with Crippen LogP contribution < -0.4 is 5.32 Å². The largest absolute Gasteiger partial charge is 0.463 e. The van der Waals surface area contributed by atoms with Gasteiger partial charge >= 0.3 is 5.97 Å². The summed E-state index contributed by atoms with van der Waals surface area (Å²) in [5, 5.41) is 2.88. The van der Waals surface area contributed by atoms with Crippen LogP contribution in [0.25, 0.3) is 0 Å². The molecule has 112 valence electrons. The van der Waals surface area contributed by atoms with Gasteiger partial charge in [0.2, 0.25) is 5.91 Å². The average Bonchev–Trinajstić information content (AvgIpc) is 2.65. The third-order valence-corrected chi connectivity index (χ3v) is 4.25. The predicted octanol–water partition coefficient (Wildman–Crippen LogP) is 2.02. The first-order valence-electron chi connectivity index (χ1n) is 6.46. The van der Waals surface area contributed by atoms with Crippen LogP contribution in [0.3, 0.4) is 0 Å². The minimum atomic E-state index is -0.548. The summed E-state index contributed by atoms with van der Waals surface area (Å²) in [7, 11) is 2.01. The number of hydrogen-bond acceptors (Lipinski definition) is 3. The van der Waals surface area contributed by atoms with Gasteiger partial charge in [-0.3, -0.25) is 9.59 Å². The van der Waals surface area contributed by atoms with E-state index in [9.17, 15) is 9.59 Å². The zero-order chi connectivity index (χ0) is 15.3. The fraction of sp³-hybridized carbons (Fsp3) is 0.571. The minimum absolute atomic E-state index is 0.124. The van der Waals surface area contributed by atoms with Crippen molar-refractivity contribution in [3.8, 4) is 0 Å². The molecule has 1 N–H and O–H groups in total. The zero-order valence-corrected chi connectivity index (χ0v) is 14.5. The Bertz CT molecular complexity index is 499. The molecule has 0 fully saturated rings. The maximum Gasteiger partial charge on any atom is 0.302 e. The number of carbonyl (C=O) groups excluding carboxylic acids is 2. The number of nitrogens with zero attached hydrogens (tertiary/aromatic N) is 1. The highest BCUT2D eigenvalue weighted by Crippen LogP contribution is 2.17. The van der Waals surface area contributed by atoms with Gasteiger partial charge in [-0.05, 0) is 54.5 Å². The molecule has 0 unspecified atom stereocenters. The Hall–Kier alpha value is -1.05. The Morgan fingerprint density at radius 2 is 2.05 bits per heavy atom. The van der Waals surface area contributed by atoms with Gasteiger partial charge in [-0.15, -0.1) is 0 Å². The molecule has 0 bridgehead atoms. The number of hydrogen-bond donors (Lipinski definition) is 1. The highest BCUT2D eigenvalue weighted by Gasteiger charge is 2.27. The highest BCUT2D eigenvalue weighted by molar-refractivity contribution is 14.1. The standard InChI is InChI=1S/C14H21IN2O3/c1-10(18)16-14(3,9-20-11(2)19)8-7-12-5-6-13(15)17(12)4/h5-6H,7-9H2,1-4H3,(H,16,18)/t14-/m1/s1. The molecule has 20 heavy (non-hydrogen) atoms. The number of amides is 1. The molecule has 0 aromatic carbocycles. The van der Waals surface area contributed by atoms with E-state index in [4.69, 9.17) is 4.74 Å². The highest BCUT2D eigenvalue weighted by atomic mass is 127. The number of aromatic nitrogens is 1. The molecular weight excluding hydrogens is 371 g/mol. The SMILES string of the molecule is CC(=O)N[C@](C)(CCc1ccc(I)n1C)COC(C)=O. The first-order valence-corrected chi connectivity index (χ1v) is 7.53. The Kier molecular flexibility index (Phi) is 6.04. The zero-order valence-electron chi connectivity index (χ0n) is 12.3. The van der Waals surface area contributed by atoms with Gasteiger partial charge in [0.05, 0.1) is 9.24 Å². The van der Waals surface area contributed by atoms with E-state index >= 15 is 0 Å². The average molecular weight is 392 g/mol. The molecule has 0 saturated heterocycles.